The molecule has 23 nitrogen and oxygen atoms in total. The van der Waals surface area contributed by atoms with Gasteiger partial charge in [0.05, 0.1) is 25.9 Å². The van der Waals surface area contributed by atoms with E-state index in [0.717, 1.165) is 51.4 Å². The first kappa shape index (κ1) is 69.7. The van der Waals surface area contributed by atoms with Crippen molar-refractivity contribution < 1.29 is 108 Å². The second-order valence-corrected chi connectivity index (χ2v) is 22.7. The van der Waals surface area contributed by atoms with Crippen molar-refractivity contribution in [1.29, 1.82) is 0 Å². The molecule has 0 spiro atoms. The Balaban J connectivity index is 1.61. The minimum absolute atomic E-state index is 0.0116. The molecule has 0 radical (unpaired) electrons. The van der Waals surface area contributed by atoms with Crippen molar-refractivity contribution in [3.8, 4) is 0 Å². The van der Waals surface area contributed by atoms with Crippen molar-refractivity contribution in [3.05, 3.63) is 0 Å². The zero-order chi connectivity index (χ0) is 56.8. The molecule has 2 heterocycles. The summed E-state index contributed by atoms with van der Waals surface area (Å²) in [6.07, 6.45) is -1.31. The average Bonchev–Trinajstić information content (AvgIpc) is 3.41. The minimum atomic E-state index is -5.45. The number of unbranched alkanes of at least 4 members (excludes halogenated alkanes) is 24. The molecule has 24 heteroatoms. The van der Waals surface area contributed by atoms with Crippen LogP contribution in [0.15, 0.2) is 0 Å². The molecule has 0 amide bonds. The van der Waals surface area contributed by atoms with Crippen LogP contribution in [0.4, 0.5) is 0 Å². The van der Waals surface area contributed by atoms with Gasteiger partial charge in [-0.25, -0.2) is 4.57 Å². The van der Waals surface area contributed by atoms with Gasteiger partial charge < -0.3 is 90.1 Å². The number of esters is 2. The predicted octanol–water partition coefficient (Wildman–Crippen LogP) is 3.34. The molecule has 77 heavy (non-hydrogen) atoms. The summed E-state index contributed by atoms with van der Waals surface area (Å²) in [5.41, 5.74) is 6.24. The molecule has 2 saturated heterocycles. The van der Waals surface area contributed by atoms with E-state index in [0.29, 0.717) is 12.8 Å². The van der Waals surface area contributed by atoms with Gasteiger partial charge >= 0.3 is 19.8 Å². The summed E-state index contributed by atoms with van der Waals surface area (Å²) < 4.78 is 57.6. The summed E-state index contributed by atoms with van der Waals surface area (Å²) in [5, 5.41) is 105. The summed E-state index contributed by atoms with van der Waals surface area (Å²) >= 11 is 0. The Kier molecular flexibility index (Phi) is 35.3. The molecule has 1 aliphatic carbocycles. The Labute approximate surface area is 456 Å². The van der Waals surface area contributed by atoms with E-state index in [4.69, 9.17) is 43.2 Å². The molecule has 3 fully saturated rings. The summed E-state index contributed by atoms with van der Waals surface area (Å²) in [4.78, 5) is 37.0. The van der Waals surface area contributed by atoms with Gasteiger partial charge in [0.15, 0.2) is 18.7 Å². The van der Waals surface area contributed by atoms with Crippen LogP contribution in [-0.2, 0) is 51.6 Å². The molecule has 454 valence electrons. The molecule has 13 N–H and O–H groups in total. The highest BCUT2D eigenvalue weighted by atomic mass is 31.2. The number of ether oxygens (including phenoxy) is 6. The average molecular weight is 1130 g/mol. The topological polar surface area (TPSA) is 374 Å². The molecule has 0 aromatic rings. The number of phosphoric ester groups is 1. The van der Waals surface area contributed by atoms with E-state index in [2.05, 4.69) is 13.8 Å². The van der Waals surface area contributed by atoms with E-state index in [9.17, 15) is 70.1 Å². The lowest BCUT2D eigenvalue weighted by Crippen LogP contribution is -2.69. The predicted molar refractivity (Wildman–Crippen MR) is 279 cm³/mol. The van der Waals surface area contributed by atoms with Crippen LogP contribution >= 0.6 is 7.82 Å². The lowest BCUT2D eigenvalue weighted by atomic mass is 9.84. The number of nitrogens with two attached hydrogens (primary N) is 1. The Morgan fingerprint density at radius 3 is 1.35 bits per heavy atom. The maximum Gasteiger partial charge on any atom is 0.472 e. The van der Waals surface area contributed by atoms with Crippen LogP contribution in [0.2, 0.25) is 0 Å². The second-order valence-electron chi connectivity index (χ2n) is 21.3. The fourth-order valence-corrected chi connectivity index (χ4v) is 10.9. The fourth-order valence-electron chi connectivity index (χ4n) is 9.88. The Morgan fingerprint density at radius 1 is 0.481 bits per heavy atom. The Bertz CT molecular complexity index is 1600. The van der Waals surface area contributed by atoms with Crippen molar-refractivity contribution in [1.82, 2.24) is 0 Å². The zero-order valence-electron chi connectivity index (χ0n) is 45.9. The summed E-state index contributed by atoms with van der Waals surface area (Å²) in [7, 11) is -5.45. The highest BCUT2D eigenvalue weighted by Crippen LogP contribution is 2.48. The molecular weight excluding hydrogens is 1030 g/mol. The van der Waals surface area contributed by atoms with Crippen LogP contribution in [0.3, 0.4) is 0 Å². The largest absolute Gasteiger partial charge is 0.472 e. The minimum Gasteiger partial charge on any atom is -0.462 e. The van der Waals surface area contributed by atoms with E-state index >= 15 is 0 Å². The lowest BCUT2D eigenvalue weighted by Gasteiger charge is -2.49. The van der Waals surface area contributed by atoms with Gasteiger partial charge in [-0.15, -0.1) is 0 Å². The number of rotatable bonds is 42. The quantitative estimate of drug-likeness (QED) is 0.0237. The van der Waals surface area contributed by atoms with Gasteiger partial charge in [-0.1, -0.05) is 168 Å². The SMILES string of the molecule is CCCCCCCCCCCCCCCC(=O)OC[C@H](COP(=O)(O)O[C@@H]1[C@H](O)[C@H](O)[C@@H](O)[C@H](O)[C@H]1O[C@H]1O[C@H](CO)[C@@H](O[C@H]2O[C@H](CO)[C@@H](O)[C@H](O)[C@@H]2O)[C@H](O)[C@H]1N)OC(=O)CCCCCCCCCCCCCCC. The monoisotopic (exact) mass is 1130 g/mol. The smallest absolute Gasteiger partial charge is 0.462 e. The third-order valence-corrected chi connectivity index (χ3v) is 15.7. The number of hydrogen-bond acceptors (Lipinski definition) is 22. The van der Waals surface area contributed by atoms with Gasteiger partial charge in [0.1, 0.15) is 86.0 Å². The molecule has 3 aliphatic rings. The molecule has 18 atom stereocenters. The standard InChI is InChI=1S/C53H100NO22P/c1-3-5-7-9-11-13-15-17-19-21-23-25-27-29-38(57)69-33-35(71-39(58)30-28-26-24-22-20-18-16-14-12-10-8-6-4-2)34-70-77(67,68)76-51-47(65)45(63)44(62)46(64)50(51)75-52-40(54)42(60)49(37(32-56)73-52)74-53-48(66)43(61)41(59)36(31-55)72-53/h35-37,40-53,55-56,59-66H,3-34,54H2,1-2H3,(H,67,68)/t35-,36-,37-,40-,41-,42-,43+,44-,45-,46+,47-,48+,49-,50-,51-,52-,53-/m1/s1. The number of phosphoric acid groups is 1. The van der Waals surface area contributed by atoms with Crippen molar-refractivity contribution >= 4 is 19.8 Å². The highest BCUT2D eigenvalue weighted by Gasteiger charge is 2.56. The Morgan fingerprint density at radius 2 is 0.883 bits per heavy atom. The van der Waals surface area contributed by atoms with Gasteiger partial charge in [0.25, 0.3) is 0 Å². The van der Waals surface area contributed by atoms with E-state index < -0.39 is 150 Å². The van der Waals surface area contributed by atoms with Crippen molar-refractivity contribution in [2.45, 2.75) is 298 Å². The summed E-state index contributed by atoms with van der Waals surface area (Å²) in [6.45, 7) is 1.25. The normalized spacial score (nSPS) is 31.9. The van der Waals surface area contributed by atoms with E-state index in [1.807, 2.05) is 0 Å². The van der Waals surface area contributed by atoms with Crippen LogP contribution in [0.1, 0.15) is 194 Å². The summed E-state index contributed by atoms with van der Waals surface area (Å²) in [6, 6.07) is -1.71. The fraction of sp³-hybridized carbons (Fsp3) is 0.962. The zero-order valence-corrected chi connectivity index (χ0v) is 46.8. The maximum atomic E-state index is 13.7. The van der Waals surface area contributed by atoms with Crippen LogP contribution in [0.5, 0.6) is 0 Å². The molecule has 0 aromatic carbocycles. The van der Waals surface area contributed by atoms with Crippen LogP contribution in [0.25, 0.3) is 0 Å². The van der Waals surface area contributed by atoms with Crippen LogP contribution in [-0.4, -0.2) is 198 Å². The molecule has 0 aromatic heterocycles. The number of aliphatic hydroxyl groups is 10. The molecule has 1 saturated carbocycles. The first-order valence-electron chi connectivity index (χ1n) is 29.0. The van der Waals surface area contributed by atoms with Gasteiger partial charge in [-0.05, 0) is 12.8 Å². The number of carbonyl (C=O) groups excluding carboxylic acids is 2. The Hall–Kier alpha value is -1.55. The molecular formula is C53H100NO22P. The third-order valence-electron chi connectivity index (χ3n) is 14.8. The number of aliphatic hydroxyl groups excluding tert-OH is 10. The van der Waals surface area contributed by atoms with Crippen LogP contribution < -0.4 is 5.73 Å². The van der Waals surface area contributed by atoms with Crippen molar-refractivity contribution in [2.24, 2.45) is 5.73 Å². The van der Waals surface area contributed by atoms with E-state index in [1.165, 1.54) is 103 Å². The van der Waals surface area contributed by atoms with Gasteiger partial charge in [-0.3, -0.25) is 18.6 Å². The molecule has 1 unspecified atom stereocenters. The van der Waals surface area contributed by atoms with Crippen LogP contribution in [0, 0.1) is 0 Å². The van der Waals surface area contributed by atoms with Crippen molar-refractivity contribution in [3.63, 3.8) is 0 Å². The first-order valence-corrected chi connectivity index (χ1v) is 30.4. The summed E-state index contributed by atoms with van der Waals surface area (Å²) in [5.74, 6) is -1.25. The van der Waals surface area contributed by atoms with Crippen molar-refractivity contribution in [2.75, 3.05) is 26.4 Å². The molecule has 0 bridgehead atoms. The molecule has 3 rings (SSSR count). The highest BCUT2D eigenvalue weighted by molar-refractivity contribution is 7.47. The first-order chi connectivity index (χ1) is 36.9. The molecule has 2 aliphatic heterocycles. The lowest BCUT2D eigenvalue weighted by molar-refractivity contribution is -0.356. The van der Waals surface area contributed by atoms with E-state index in [-0.39, 0.29) is 12.8 Å². The second kappa shape index (κ2) is 39.0. The number of hydrogen-bond donors (Lipinski definition) is 12. The number of carbonyl (C=O) groups is 2. The third kappa shape index (κ3) is 25.2. The van der Waals surface area contributed by atoms with Gasteiger partial charge in [0.2, 0.25) is 0 Å². The maximum absolute atomic E-state index is 13.7. The van der Waals surface area contributed by atoms with Gasteiger partial charge in [0, 0.05) is 12.8 Å². The van der Waals surface area contributed by atoms with E-state index in [1.54, 1.807) is 0 Å². The van der Waals surface area contributed by atoms with Gasteiger partial charge in [-0.2, -0.15) is 0 Å².